The number of hydrogen-bond acceptors (Lipinski definition) is 7. The lowest BCUT2D eigenvalue weighted by Gasteiger charge is -2.18. The normalized spacial score (nSPS) is 15.3. The summed E-state index contributed by atoms with van der Waals surface area (Å²) in [6.45, 7) is 2.12. The van der Waals surface area contributed by atoms with Crippen LogP contribution in [0.2, 0.25) is 0 Å². The van der Waals surface area contributed by atoms with E-state index in [-0.39, 0.29) is 0 Å². The molecule has 1 aliphatic rings. The van der Waals surface area contributed by atoms with E-state index in [1.54, 1.807) is 18.0 Å². The number of hydrogen-bond donors (Lipinski definition) is 1. The van der Waals surface area contributed by atoms with E-state index in [9.17, 15) is 0 Å². The van der Waals surface area contributed by atoms with Crippen LogP contribution in [0, 0.1) is 0 Å². The zero-order valence-corrected chi connectivity index (χ0v) is 14.5. The van der Waals surface area contributed by atoms with Crippen molar-refractivity contribution in [1.29, 1.82) is 0 Å². The van der Waals surface area contributed by atoms with Crippen molar-refractivity contribution in [3.05, 3.63) is 54.4 Å². The smallest absolute Gasteiger partial charge is 0.247 e. The van der Waals surface area contributed by atoms with Crippen LogP contribution >= 0.6 is 11.8 Å². The van der Waals surface area contributed by atoms with E-state index in [2.05, 4.69) is 32.4 Å². The third-order valence-corrected chi connectivity index (χ3v) is 4.77. The van der Waals surface area contributed by atoms with Crippen LogP contribution in [0.4, 0.5) is 5.69 Å². The molecule has 0 radical (unpaired) electrons. The fraction of sp³-hybridized carbons (Fsp3) is 0.222. The summed E-state index contributed by atoms with van der Waals surface area (Å²) < 4.78 is 6.15. The summed E-state index contributed by atoms with van der Waals surface area (Å²) >= 11 is 1.58. The van der Waals surface area contributed by atoms with E-state index in [4.69, 9.17) is 4.74 Å². The fourth-order valence-electron chi connectivity index (χ4n) is 2.57. The van der Waals surface area contributed by atoms with E-state index in [1.807, 2.05) is 42.5 Å². The molecule has 0 unspecified atom stereocenters. The zero-order chi connectivity index (χ0) is 17.1. The second kappa shape index (κ2) is 7.06. The molecule has 6 nitrogen and oxygen atoms in total. The number of thioether (sulfide) groups is 1. The molecule has 0 fully saturated rings. The van der Waals surface area contributed by atoms with E-state index < -0.39 is 6.23 Å². The molecule has 4 rings (SSSR count). The molecule has 1 atom stereocenters. The Kier molecular flexibility index (Phi) is 4.47. The maximum Gasteiger partial charge on any atom is 0.247 e. The molecule has 0 saturated heterocycles. The first-order valence-corrected chi connectivity index (χ1v) is 9.14. The summed E-state index contributed by atoms with van der Waals surface area (Å²) in [5, 5.41) is 12.6. The number of nitrogens with zero attached hydrogens (tertiary/aromatic N) is 4. The van der Waals surface area contributed by atoms with Crippen molar-refractivity contribution in [3.63, 3.8) is 0 Å². The number of rotatable bonds is 4. The monoisotopic (exact) mass is 351 g/mol. The van der Waals surface area contributed by atoms with Gasteiger partial charge in [-0.25, -0.2) is 0 Å². The molecule has 0 amide bonds. The van der Waals surface area contributed by atoms with Crippen LogP contribution in [-0.4, -0.2) is 25.9 Å². The summed E-state index contributed by atoms with van der Waals surface area (Å²) in [6.07, 6.45) is 2.36. The van der Waals surface area contributed by atoms with Gasteiger partial charge < -0.3 is 10.1 Å². The number of nitrogens with one attached hydrogen (secondary N) is 1. The summed E-state index contributed by atoms with van der Waals surface area (Å²) in [7, 11) is 0. The van der Waals surface area contributed by atoms with E-state index in [1.165, 1.54) is 0 Å². The number of aromatic nitrogens is 4. The highest BCUT2D eigenvalue weighted by molar-refractivity contribution is 7.99. The van der Waals surface area contributed by atoms with Gasteiger partial charge in [-0.3, -0.25) is 4.98 Å². The van der Waals surface area contributed by atoms with E-state index >= 15 is 0 Å². The highest BCUT2D eigenvalue weighted by Crippen LogP contribution is 2.39. The molecule has 0 aliphatic carbocycles. The van der Waals surface area contributed by atoms with Crippen LogP contribution in [0.1, 0.15) is 25.3 Å². The first kappa shape index (κ1) is 15.8. The first-order chi connectivity index (χ1) is 12.3. The van der Waals surface area contributed by atoms with Crippen molar-refractivity contribution in [2.75, 3.05) is 11.1 Å². The Morgan fingerprint density at radius 3 is 2.84 bits per heavy atom. The minimum atomic E-state index is -0.440. The average Bonchev–Trinajstić information content (AvgIpc) is 2.83. The average molecular weight is 351 g/mol. The molecule has 1 aromatic carbocycles. The number of ether oxygens (including phenoxy) is 1. The van der Waals surface area contributed by atoms with Crippen LogP contribution in [0.3, 0.4) is 0 Å². The summed E-state index contributed by atoms with van der Waals surface area (Å²) in [5.74, 6) is 1.42. The predicted octanol–water partition coefficient (Wildman–Crippen LogP) is 3.94. The molecule has 0 spiro atoms. The molecule has 0 saturated carbocycles. The highest BCUT2D eigenvalue weighted by Gasteiger charge is 2.26. The summed E-state index contributed by atoms with van der Waals surface area (Å²) in [4.78, 5) is 8.99. The number of para-hydroxylation sites is 1. The fourth-order valence-corrected chi connectivity index (χ4v) is 3.20. The lowest BCUT2D eigenvalue weighted by molar-refractivity contribution is 0.220. The van der Waals surface area contributed by atoms with Crippen LogP contribution in [0.25, 0.3) is 11.3 Å². The molecule has 1 aliphatic heterocycles. The van der Waals surface area contributed by atoms with Gasteiger partial charge in [-0.2, -0.15) is 4.98 Å². The molecule has 25 heavy (non-hydrogen) atoms. The number of fused-ring (bicyclic) bond motifs is 3. The van der Waals surface area contributed by atoms with Crippen molar-refractivity contribution in [1.82, 2.24) is 20.2 Å². The standard InChI is InChI=1S/C18H17N5OS/c1-2-11-25-18-21-17-15(22-23-18)12-7-3-4-8-13(12)20-16(24-17)14-9-5-6-10-19-14/h3-10,16,20H,2,11H2,1H3/t16-/m0/s1. The Morgan fingerprint density at radius 1 is 1.12 bits per heavy atom. The third-order valence-electron chi connectivity index (χ3n) is 3.73. The van der Waals surface area contributed by atoms with Gasteiger partial charge in [-0.05, 0) is 24.6 Å². The molecule has 126 valence electrons. The molecule has 2 aromatic heterocycles. The van der Waals surface area contributed by atoms with E-state index in [0.29, 0.717) is 16.7 Å². The molecule has 7 heteroatoms. The Balaban J connectivity index is 1.79. The van der Waals surface area contributed by atoms with Gasteiger partial charge in [0.2, 0.25) is 17.3 Å². The van der Waals surface area contributed by atoms with Crippen molar-refractivity contribution in [3.8, 4) is 17.1 Å². The van der Waals surface area contributed by atoms with Gasteiger partial charge in [-0.15, -0.1) is 10.2 Å². The Labute approximate surface area is 150 Å². The second-order valence-corrected chi connectivity index (χ2v) is 6.60. The number of pyridine rings is 1. The van der Waals surface area contributed by atoms with Gasteiger partial charge in [-0.1, -0.05) is 43.0 Å². The van der Waals surface area contributed by atoms with Crippen LogP contribution < -0.4 is 10.1 Å². The largest absolute Gasteiger partial charge is 0.446 e. The van der Waals surface area contributed by atoms with Crippen LogP contribution in [-0.2, 0) is 0 Å². The number of benzene rings is 1. The van der Waals surface area contributed by atoms with Crippen LogP contribution in [0.15, 0.2) is 53.8 Å². The molecule has 1 N–H and O–H groups in total. The highest BCUT2D eigenvalue weighted by atomic mass is 32.2. The summed E-state index contributed by atoms with van der Waals surface area (Å²) in [6, 6.07) is 13.7. The van der Waals surface area contributed by atoms with E-state index in [0.717, 1.165) is 29.1 Å². The lowest BCUT2D eigenvalue weighted by Crippen LogP contribution is -2.18. The molecule has 3 heterocycles. The zero-order valence-electron chi connectivity index (χ0n) is 13.7. The quantitative estimate of drug-likeness (QED) is 0.714. The van der Waals surface area contributed by atoms with Crippen LogP contribution in [0.5, 0.6) is 5.88 Å². The number of anilines is 1. The van der Waals surface area contributed by atoms with Gasteiger partial charge in [0.25, 0.3) is 0 Å². The topological polar surface area (TPSA) is 72.8 Å². The molecule has 3 aromatic rings. The van der Waals surface area contributed by atoms with Gasteiger partial charge in [0.05, 0.1) is 0 Å². The van der Waals surface area contributed by atoms with Crippen molar-refractivity contribution < 1.29 is 4.74 Å². The maximum atomic E-state index is 6.15. The summed E-state index contributed by atoms with van der Waals surface area (Å²) in [5.41, 5.74) is 3.26. The minimum Gasteiger partial charge on any atom is -0.446 e. The van der Waals surface area contributed by atoms with Gasteiger partial charge in [0, 0.05) is 23.2 Å². The Morgan fingerprint density at radius 2 is 2.00 bits per heavy atom. The van der Waals surface area contributed by atoms with Gasteiger partial charge >= 0.3 is 0 Å². The second-order valence-electron chi connectivity index (χ2n) is 5.54. The SMILES string of the molecule is CCCSc1nnc2c(n1)O[C@@H](c1ccccn1)Nc1ccccc1-2. The van der Waals surface area contributed by atoms with Crippen molar-refractivity contribution >= 4 is 17.4 Å². The first-order valence-electron chi connectivity index (χ1n) is 8.16. The maximum absolute atomic E-state index is 6.15. The van der Waals surface area contributed by atoms with Crippen molar-refractivity contribution in [2.24, 2.45) is 0 Å². The minimum absolute atomic E-state index is 0.440. The molecular formula is C18H17N5OS. The predicted molar refractivity (Wildman–Crippen MR) is 97.5 cm³/mol. The van der Waals surface area contributed by atoms with Gasteiger partial charge in [0.15, 0.2) is 5.69 Å². The molecular weight excluding hydrogens is 334 g/mol. The Bertz CT molecular complexity index is 874. The third kappa shape index (κ3) is 3.28. The van der Waals surface area contributed by atoms with Crippen molar-refractivity contribution in [2.45, 2.75) is 24.7 Å². The molecule has 0 bridgehead atoms. The lowest BCUT2D eigenvalue weighted by atomic mass is 10.1. The van der Waals surface area contributed by atoms with Gasteiger partial charge in [0.1, 0.15) is 5.69 Å². The Hall–Kier alpha value is -2.67.